The van der Waals surface area contributed by atoms with E-state index in [0.717, 1.165) is 6.07 Å². The lowest BCUT2D eigenvalue weighted by Gasteiger charge is -2.33. The molecule has 0 spiro atoms. The van der Waals surface area contributed by atoms with E-state index in [4.69, 9.17) is 9.47 Å². The van der Waals surface area contributed by atoms with Crippen LogP contribution in [0.5, 0.6) is 5.75 Å². The summed E-state index contributed by atoms with van der Waals surface area (Å²) in [4.78, 5) is 20.4. The first kappa shape index (κ1) is 26.4. The lowest BCUT2D eigenvalue weighted by atomic mass is 9.91. The number of aromatic nitrogens is 2. The molecule has 1 aromatic heterocycles. The van der Waals surface area contributed by atoms with Gasteiger partial charge in [0.2, 0.25) is 0 Å². The van der Waals surface area contributed by atoms with Gasteiger partial charge in [0.1, 0.15) is 24.3 Å². The lowest BCUT2D eigenvalue weighted by molar-refractivity contribution is -0.139. The quantitative estimate of drug-likeness (QED) is 0.526. The number of amides is 1. The van der Waals surface area contributed by atoms with Crippen LogP contribution in [0.25, 0.3) is 11.3 Å². The Morgan fingerprint density at radius 2 is 1.76 bits per heavy atom. The fourth-order valence-electron chi connectivity index (χ4n) is 3.48. The second-order valence-corrected chi connectivity index (χ2v) is 9.83. The molecule has 33 heavy (non-hydrogen) atoms. The third kappa shape index (κ3) is 8.22. The number of halogens is 3. The summed E-state index contributed by atoms with van der Waals surface area (Å²) >= 11 is 0. The fraction of sp³-hybridized carbons (Fsp3) is 0.542. The van der Waals surface area contributed by atoms with E-state index in [1.165, 1.54) is 18.5 Å². The number of ether oxygens (including phenoxy) is 2. The van der Waals surface area contributed by atoms with Gasteiger partial charge in [0, 0.05) is 11.3 Å². The van der Waals surface area contributed by atoms with Gasteiger partial charge in [-0.1, -0.05) is 13.8 Å². The molecule has 1 heterocycles. The molecular weight excluding hydrogens is 435 g/mol. The van der Waals surface area contributed by atoms with Gasteiger partial charge in [0.05, 0.1) is 16.8 Å². The molecule has 1 N–H and O–H groups in total. The van der Waals surface area contributed by atoms with Crippen molar-refractivity contribution in [1.29, 1.82) is 0 Å². The molecule has 0 aliphatic heterocycles. The first-order valence-electron chi connectivity index (χ1n) is 10.7. The third-order valence-corrected chi connectivity index (χ3v) is 4.59. The van der Waals surface area contributed by atoms with E-state index in [-0.39, 0.29) is 18.3 Å². The molecule has 182 valence electrons. The SMILES string of the molecule is Cc1cc(-c2ccc(OCC(C)(CC(C)C)NC(=O)OC(C)(C)C)c(C(F)(F)F)c2)ncn1. The normalized spacial score (nSPS) is 14.0. The topological polar surface area (TPSA) is 73.3 Å². The van der Waals surface area contributed by atoms with E-state index in [0.29, 0.717) is 23.4 Å². The molecule has 0 aliphatic carbocycles. The van der Waals surface area contributed by atoms with Crippen molar-refractivity contribution in [1.82, 2.24) is 15.3 Å². The Hall–Kier alpha value is -2.84. The third-order valence-electron chi connectivity index (χ3n) is 4.59. The molecule has 1 unspecified atom stereocenters. The summed E-state index contributed by atoms with van der Waals surface area (Å²) in [5.41, 5.74) is -1.23. The number of alkyl carbamates (subject to hydrolysis) is 1. The number of hydrogen-bond acceptors (Lipinski definition) is 5. The van der Waals surface area contributed by atoms with Crippen LogP contribution in [0, 0.1) is 12.8 Å². The monoisotopic (exact) mass is 467 g/mol. The van der Waals surface area contributed by atoms with Crippen molar-refractivity contribution >= 4 is 6.09 Å². The highest BCUT2D eigenvalue weighted by Crippen LogP contribution is 2.39. The number of rotatable bonds is 7. The summed E-state index contributed by atoms with van der Waals surface area (Å²) in [6.07, 6.45) is -3.51. The lowest BCUT2D eigenvalue weighted by Crippen LogP contribution is -2.52. The predicted molar refractivity (Wildman–Crippen MR) is 120 cm³/mol. The van der Waals surface area contributed by atoms with Gasteiger partial charge in [-0.05, 0) is 71.2 Å². The number of alkyl halides is 3. The second kappa shape index (κ2) is 9.97. The molecule has 0 radical (unpaired) electrons. The first-order chi connectivity index (χ1) is 15.1. The van der Waals surface area contributed by atoms with Gasteiger partial charge in [-0.2, -0.15) is 13.2 Å². The fourth-order valence-corrected chi connectivity index (χ4v) is 3.48. The number of nitrogens with zero attached hydrogens (tertiary/aromatic N) is 2. The highest BCUT2D eigenvalue weighted by Gasteiger charge is 2.36. The average Bonchev–Trinajstić information content (AvgIpc) is 2.63. The highest BCUT2D eigenvalue weighted by molar-refractivity contribution is 5.68. The largest absolute Gasteiger partial charge is 0.491 e. The maximum absolute atomic E-state index is 13.8. The van der Waals surface area contributed by atoms with Crippen molar-refractivity contribution in [3.63, 3.8) is 0 Å². The van der Waals surface area contributed by atoms with Crippen LogP contribution >= 0.6 is 0 Å². The number of carbonyl (C=O) groups excluding carboxylic acids is 1. The first-order valence-corrected chi connectivity index (χ1v) is 10.7. The number of hydrogen-bond donors (Lipinski definition) is 1. The molecule has 1 aromatic carbocycles. The second-order valence-electron chi connectivity index (χ2n) is 9.83. The van der Waals surface area contributed by atoms with Gasteiger partial charge in [-0.3, -0.25) is 0 Å². The van der Waals surface area contributed by atoms with Gasteiger partial charge >= 0.3 is 12.3 Å². The van der Waals surface area contributed by atoms with Crippen LogP contribution in [0.15, 0.2) is 30.6 Å². The molecule has 2 rings (SSSR count). The van der Waals surface area contributed by atoms with Crippen LogP contribution in [0.3, 0.4) is 0 Å². The molecule has 1 amide bonds. The molecule has 0 saturated heterocycles. The van der Waals surface area contributed by atoms with Gasteiger partial charge in [-0.25, -0.2) is 14.8 Å². The van der Waals surface area contributed by atoms with Crippen molar-refractivity contribution < 1.29 is 27.4 Å². The Morgan fingerprint density at radius 1 is 1.09 bits per heavy atom. The van der Waals surface area contributed by atoms with Crippen molar-refractivity contribution in [2.45, 2.75) is 72.2 Å². The van der Waals surface area contributed by atoms with Crippen molar-refractivity contribution in [3.05, 3.63) is 41.9 Å². The van der Waals surface area contributed by atoms with Crippen LogP contribution in [-0.2, 0) is 10.9 Å². The minimum atomic E-state index is -4.64. The van der Waals surface area contributed by atoms with Crippen LogP contribution in [0.1, 0.15) is 59.2 Å². The predicted octanol–water partition coefficient (Wildman–Crippen LogP) is 6.18. The van der Waals surface area contributed by atoms with Crippen LogP contribution in [0.4, 0.5) is 18.0 Å². The molecule has 0 fully saturated rings. The zero-order chi connectivity index (χ0) is 25.0. The summed E-state index contributed by atoms with van der Waals surface area (Å²) in [7, 11) is 0. The smallest absolute Gasteiger partial charge is 0.419 e. The molecule has 2 aromatic rings. The maximum atomic E-state index is 13.8. The molecule has 9 heteroatoms. The zero-order valence-corrected chi connectivity index (χ0v) is 20.1. The standard InChI is InChI=1S/C24H32F3N3O3/c1-15(2)12-23(7,30-21(31)33-22(4,5)6)13-32-20-9-8-17(11-18(20)24(25,26)27)19-10-16(3)28-14-29-19/h8-11,14-15H,12-13H2,1-7H3,(H,30,31). The van der Waals surface area contributed by atoms with E-state index in [1.54, 1.807) is 40.7 Å². The van der Waals surface area contributed by atoms with E-state index in [9.17, 15) is 18.0 Å². The summed E-state index contributed by atoms with van der Waals surface area (Å²) in [6, 6.07) is 5.42. The highest BCUT2D eigenvalue weighted by atomic mass is 19.4. The van der Waals surface area contributed by atoms with Crippen molar-refractivity contribution in [2.24, 2.45) is 5.92 Å². The number of carbonyl (C=O) groups is 1. The molecule has 6 nitrogen and oxygen atoms in total. The molecular formula is C24H32F3N3O3. The Bertz CT molecular complexity index is 971. The van der Waals surface area contributed by atoms with E-state index in [2.05, 4.69) is 15.3 Å². The Kier molecular flexibility index (Phi) is 7.98. The van der Waals surface area contributed by atoms with Crippen LogP contribution in [0.2, 0.25) is 0 Å². The molecule has 1 atom stereocenters. The minimum absolute atomic E-state index is 0.152. The van der Waals surface area contributed by atoms with Gasteiger partial charge in [0.25, 0.3) is 0 Å². The summed E-state index contributed by atoms with van der Waals surface area (Å²) < 4.78 is 52.5. The number of benzene rings is 1. The van der Waals surface area contributed by atoms with Crippen molar-refractivity contribution in [3.8, 4) is 17.0 Å². The van der Waals surface area contributed by atoms with E-state index >= 15 is 0 Å². The van der Waals surface area contributed by atoms with Gasteiger partial charge in [-0.15, -0.1) is 0 Å². The van der Waals surface area contributed by atoms with Crippen LogP contribution < -0.4 is 10.1 Å². The summed E-state index contributed by atoms with van der Waals surface area (Å²) in [5.74, 6) is -0.169. The van der Waals surface area contributed by atoms with Crippen LogP contribution in [-0.4, -0.2) is 33.8 Å². The van der Waals surface area contributed by atoms with Crippen molar-refractivity contribution in [2.75, 3.05) is 6.61 Å². The maximum Gasteiger partial charge on any atom is 0.419 e. The summed E-state index contributed by atoms with van der Waals surface area (Å²) in [6.45, 7) is 12.4. The molecule has 0 saturated carbocycles. The Labute approximate surface area is 192 Å². The minimum Gasteiger partial charge on any atom is -0.491 e. The molecule has 0 bridgehead atoms. The average molecular weight is 468 g/mol. The number of nitrogens with one attached hydrogen (secondary N) is 1. The van der Waals surface area contributed by atoms with Gasteiger partial charge < -0.3 is 14.8 Å². The zero-order valence-electron chi connectivity index (χ0n) is 20.1. The summed E-state index contributed by atoms with van der Waals surface area (Å²) in [5, 5.41) is 2.77. The van der Waals surface area contributed by atoms with E-state index in [1.807, 2.05) is 13.8 Å². The van der Waals surface area contributed by atoms with Gasteiger partial charge in [0.15, 0.2) is 0 Å². The molecule has 0 aliphatic rings. The Morgan fingerprint density at radius 3 is 2.30 bits per heavy atom. The number of aryl methyl sites for hydroxylation is 1. The Balaban J connectivity index is 2.31. The van der Waals surface area contributed by atoms with E-state index < -0.39 is 29.0 Å².